The van der Waals surface area contributed by atoms with Crippen LogP contribution >= 0.6 is 0 Å². The standard InChI is InChI=1S/C18H18F2O/c19-18(20,17(21)16-12-5-2-6-13-16)14-8-7-11-15-9-3-1-4-10-15/h1-6,8-10,12-14,17,21H,7,11H2/b14-8+/t17-/m0/s1. The summed E-state index contributed by atoms with van der Waals surface area (Å²) in [5.41, 5.74) is 1.32. The Morgan fingerprint density at radius 2 is 1.52 bits per heavy atom. The van der Waals surface area contributed by atoms with Gasteiger partial charge in [0.15, 0.2) is 0 Å². The Balaban J connectivity index is 1.92. The molecule has 2 aromatic carbocycles. The fraction of sp³-hybridized carbons (Fsp3) is 0.222. The minimum absolute atomic E-state index is 0.218. The van der Waals surface area contributed by atoms with Gasteiger partial charge >= 0.3 is 0 Å². The molecule has 0 unspecified atom stereocenters. The van der Waals surface area contributed by atoms with Crippen LogP contribution in [-0.4, -0.2) is 11.0 Å². The van der Waals surface area contributed by atoms with Gasteiger partial charge in [0.2, 0.25) is 0 Å². The van der Waals surface area contributed by atoms with Gasteiger partial charge in [0.05, 0.1) is 0 Å². The molecule has 110 valence electrons. The molecule has 0 aromatic heterocycles. The molecule has 3 heteroatoms. The molecule has 1 nitrogen and oxygen atoms in total. The molecule has 0 bridgehead atoms. The third kappa shape index (κ3) is 4.50. The van der Waals surface area contributed by atoms with Crippen LogP contribution in [-0.2, 0) is 6.42 Å². The van der Waals surface area contributed by atoms with Crippen molar-refractivity contribution >= 4 is 0 Å². The zero-order valence-corrected chi connectivity index (χ0v) is 11.6. The summed E-state index contributed by atoms with van der Waals surface area (Å²) in [6.45, 7) is 0. The van der Waals surface area contributed by atoms with Crippen LogP contribution in [0.15, 0.2) is 72.8 Å². The SMILES string of the molecule is O[C@@H](c1ccccc1)C(F)(F)/C=C/CCc1ccccc1. The lowest BCUT2D eigenvalue weighted by Gasteiger charge is -2.19. The number of aliphatic hydroxyl groups is 1. The first-order valence-corrected chi connectivity index (χ1v) is 6.92. The maximum absolute atomic E-state index is 13.9. The lowest BCUT2D eigenvalue weighted by molar-refractivity contribution is -0.0716. The monoisotopic (exact) mass is 288 g/mol. The summed E-state index contributed by atoms with van der Waals surface area (Å²) in [5, 5.41) is 9.76. The fourth-order valence-electron chi connectivity index (χ4n) is 2.08. The molecular formula is C18H18F2O. The summed E-state index contributed by atoms with van der Waals surface area (Å²) >= 11 is 0. The van der Waals surface area contributed by atoms with Crippen molar-refractivity contribution in [3.05, 3.63) is 83.9 Å². The summed E-state index contributed by atoms with van der Waals surface area (Å²) in [7, 11) is 0. The van der Waals surface area contributed by atoms with Crippen LogP contribution in [0.5, 0.6) is 0 Å². The molecule has 0 fully saturated rings. The second kappa shape index (κ2) is 7.14. The molecule has 0 aliphatic rings. The Morgan fingerprint density at radius 1 is 0.952 bits per heavy atom. The smallest absolute Gasteiger partial charge is 0.295 e. The number of halogens is 2. The molecule has 0 saturated heterocycles. The van der Waals surface area contributed by atoms with E-state index >= 15 is 0 Å². The molecule has 0 aliphatic carbocycles. The fourth-order valence-corrected chi connectivity index (χ4v) is 2.08. The van der Waals surface area contributed by atoms with Gasteiger partial charge in [-0.3, -0.25) is 0 Å². The second-order valence-electron chi connectivity index (χ2n) is 4.91. The summed E-state index contributed by atoms with van der Waals surface area (Å²) in [5.74, 6) is -3.27. The van der Waals surface area contributed by atoms with Crippen molar-refractivity contribution in [1.82, 2.24) is 0 Å². The van der Waals surface area contributed by atoms with E-state index < -0.39 is 12.0 Å². The summed E-state index contributed by atoms with van der Waals surface area (Å²) in [4.78, 5) is 0. The molecule has 0 radical (unpaired) electrons. The van der Waals surface area contributed by atoms with Gasteiger partial charge in [-0.15, -0.1) is 0 Å². The highest BCUT2D eigenvalue weighted by Gasteiger charge is 2.36. The number of aryl methyl sites for hydroxylation is 1. The first kappa shape index (κ1) is 15.4. The van der Waals surface area contributed by atoms with E-state index in [4.69, 9.17) is 0 Å². The first-order chi connectivity index (χ1) is 10.1. The summed E-state index contributed by atoms with van der Waals surface area (Å²) < 4.78 is 27.8. The highest BCUT2D eigenvalue weighted by atomic mass is 19.3. The average molecular weight is 288 g/mol. The number of allylic oxidation sites excluding steroid dienone is 1. The minimum Gasteiger partial charge on any atom is -0.382 e. The molecule has 2 aromatic rings. The van der Waals surface area contributed by atoms with Crippen molar-refractivity contribution in [2.75, 3.05) is 0 Å². The van der Waals surface area contributed by atoms with Gasteiger partial charge < -0.3 is 5.11 Å². The van der Waals surface area contributed by atoms with Crippen LogP contribution in [0.4, 0.5) is 8.78 Å². The van der Waals surface area contributed by atoms with Crippen molar-refractivity contribution in [1.29, 1.82) is 0 Å². The topological polar surface area (TPSA) is 20.2 Å². The molecule has 0 saturated carbocycles. The van der Waals surface area contributed by atoms with Gasteiger partial charge in [0, 0.05) is 0 Å². The quantitative estimate of drug-likeness (QED) is 0.773. The molecule has 2 rings (SSSR count). The van der Waals surface area contributed by atoms with Crippen molar-refractivity contribution in [3.63, 3.8) is 0 Å². The number of alkyl halides is 2. The van der Waals surface area contributed by atoms with Crippen molar-refractivity contribution in [3.8, 4) is 0 Å². The Hall–Kier alpha value is -2.00. The molecule has 0 heterocycles. The van der Waals surface area contributed by atoms with Crippen LogP contribution in [0.25, 0.3) is 0 Å². The highest BCUT2D eigenvalue weighted by molar-refractivity contribution is 5.22. The minimum atomic E-state index is -3.27. The Kier molecular flexibility index (Phi) is 5.23. The number of rotatable bonds is 6. The normalized spacial score (nSPS) is 13.5. The average Bonchev–Trinajstić information content (AvgIpc) is 2.53. The van der Waals surface area contributed by atoms with Crippen LogP contribution in [0, 0.1) is 0 Å². The molecule has 0 amide bonds. The van der Waals surface area contributed by atoms with E-state index in [-0.39, 0.29) is 5.56 Å². The first-order valence-electron chi connectivity index (χ1n) is 6.92. The lowest BCUT2D eigenvalue weighted by Crippen LogP contribution is -2.23. The van der Waals surface area contributed by atoms with Gasteiger partial charge in [-0.1, -0.05) is 66.7 Å². The molecule has 0 aliphatic heterocycles. The molecule has 21 heavy (non-hydrogen) atoms. The largest absolute Gasteiger partial charge is 0.382 e. The maximum atomic E-state index is 13.9. The lowest BCUT2D eigenvalue weighted by atomic mass is 10.0. The van der Waals surface area contributed by atoms with Gasteiger partial charge in [0.1, 0.15) is 6.10 Å². The van der Waals surface area contributed by atoms with Crippen molar-refractivity contribution in [2.45, 2.75) is 24.9 Å². The third-order valence-corrected chi connectivity index (χ3v) is 3.26. The maximum Gasteiger partial charge on any atom is 0.295 e. The summed E-state index contributed by atoms with van der Waals surface area (Å²) in [6.07, 6.45) is 1.63. The Bertz CT molecular complexity index is 564. The van der Waals surface area contributed by atoms with Crippen LogP contribution < -0.4 is 0 Å². The highest BCUT2D eigenvalue weighted by Crippen LogP contribution is 2.32. The molecule has 0 spiro atoms. The van der Waals surface area contributed by atoms with Gasteiger partial charge in [-0.25, -0.2) is 0 Å². The van der Waals surface area contributed by atoms with Gasteiger partial charge in [0.25, 0.3) is 5.92 Å². The molecule has 1 atom stereocenters. The predicted octanol–water partition coefficient (Wildman–Crippen LogP) is 4.54. The van der Waals surface area contributed by atoms with E-state index in [1.54, 1.807) is 18.2 Å². The van der Waals surface area contributed by atoms with E-state index in [2.05, 4.69) is 0 Å². The zero-order valence-electron chi connectivity index (χ0n) is 11.6. The Labute approximate surface area is 123 Å². The zero-order chi connectivity index (χ0) is 15.1. The van der Waals surface area contributed by atoms with Crippen LogP contribution in [0.1, 0.15) is 23.7 Å². The number of benzene rings is 2. The number of hydrogen-bond acceptors (Lipinski definition) is 1. The second-order valence-corrected chi connectivity index (χ2v) is 4.91. The molecule has 1 N–H and O–H groups in total. The van der Waals surface area contributed by atoms with E-state index in [0.29, 0.717) is 12.8 Å². The van der Waals surface area contributed by atoms with E-state index in [1.165, 1.54) is 18.2 Å². The Morgan fingerprint density at radius 3 is 2.14 bits per heavy atom. The number of hydrogen-bond donors (Lipinski definition) is 1. The number of aliphatic hydroxyl groups excluding tert-OH is 1. The predicted molar refractivity (Wildman–Crippen MR) is 80.3 cm³/mol. The third-order valence-electron chi connectivity index (χ3n) is 3.26. The van der Waals surface area contributed by atoms with Crippen molar-refractivity contribution in [2.24, 2.45) is 0 Å². The van der Waals surface area contributed by atoms with E-state index in [9.17, 15) is 13.9 Å². The van der Waals surface area contributed by atoms with Gasteiger partial charge in [-0.2, -0.15) is 8.78 Å². The van der Waals surface area contributed by atoms with Gasteiger partial charge in [-0.05, 0) is 30.0 Å². The van der Waals surface area contributed by atoms with E-state index in [1.807, 2.05) is 30.3 Å². The summed E-state index contributed by atoms with van der Waals surface area (Å²) in [6, 6.07) is 17.7. The van der Waals surface area contributed by atoms with E-state index in [0.717, 1.165) is 11.6 Å². The van der Waals surface area contributed by atoms with Crippen molar-refractivity contribution < 1.29 is 13.9 Å². The van der Waals surface area contributed by atoms with Crippen LogP contribution in [0.2, 0.25) is 0 Å². The molecular weight excluding hydrogens is 270 g/mol. The van der Waals surface area contributed by atoms with Crippen LogP contribution in [0.3, 0.4) is 0 Å².